The minimum absolute atomic E-state index is 0.464. The van der Waals surface area contributed by atoms with Gasteiger partial charge in [-0.15, -0.1) is 0 Å². The van der Waals surface area contributed by atoms with Gasteiger partial charge in [0.1, 0.15) is 0 Å². The zero-order valence-electron chi connectivity index (χ0n) is 8.78. The molecule has 0 amide bonds. The third-order valence-electron chi connectivity index (χ3n) is 1.54. The minimum atomic E-state index is 0.464. The molecule has 0 aliphatic carbocycles. The monoisotopic (exact) mass is 168 g/mol. The van der Waals surface area contributed by atoms with Crippen LogP contribution in [-0.2, 0) is 0 Å². The second kappa shape index (κ2) is 5.81. The largest absolute Gasteiger partial charge is 0.292 e. The number of rotatable bonds is 4. The molecule has 0 aromatic heterocycles. The Bertz CT molecular complexity index is 149. The van der Waals surface area contributed by atoms with Crippen molar-refractivity contribution in [3.05, 3.63) is 12.2 Å². The van der Waals surface area contributed by atoms with Crippen molar-refractivity contribution >= 4 is 6.21 Å². The lowest BCUT2D eigenvalue weighted by Crippen LogP contribution is -2.32. The first-order chi connectivity index (χ1) is 5.59. The van der Waals surface area contributed by atoms with Crippen LogP contribution in [0.3, 0.4) is 0 Å². The molecule has 0 spiro atoms. The quantitative estimate of drug-likeness (QED) is 0.465. The van der Waals surface area contributed by atoms with E-state index in [0.29, 0.717) is 12.1 Å². The van der Waals surface area contributed by atoms with E-state index in [4.69, 9.17) is 0 Å². The first kappa shape index (κ1) is 11.2. The molecule has 0 radical (unpaired) electrons. The highest BCUT2D eigenvalue weighted by Crippen LogP contribution is 2.04. The van der Waals surface area contributed by atoms with Crippen molar-refractivity contribution < 1.29 is 0 Å². The Morgan fingerprint density at radius 1 is 1.08 bits per heavy atom. The first-order valence-corrected chi connectivity index (χ1v) is 4.53. The molecule has 0 aliphatic rings. The van der Waals surface area contributed by atoms with Gasteiger partial charge in [-0.3, -0.25) is 5.01 Å². The van der Waals surface area contributed by atoms with Gasteiger partial charge in [-0.25, -0.2) is 0 Å². The number of hydrogen-bond donors (Lipinski definition) is 0. The van der Waals surface area contributed by atoms with Crippen LogP contribution in [-0.4, -0.2) is 23.3 Å². The lowest BCUT2D eigenvalue weighted by atomic mass is 10.3. The van der Waals surface area contributed by atoms with Crippen molar-refractivity contribution in [2.45, 2.75) is 46.7 Å². The lowest BCUT2D eigenvalue weighted by Gasteiger charge is -2.27. The van der Waals surface area contributed by atoms with Gasteiger partial charge in [-0.2, -0.15) is 5.10 Å². The normalized spacial score (nSPS) is 12.6. The molecule has 70 valence electrons. The molecule has 0 unspecified atom stereocenters. The second-order valence-corrected chi connectivity index (χ2v) is 3.36. The molecule has 12 heavy (non-hydrogen) atoms. The van der Waals surface area contributed by atoms with Crippen LogP contribution < -0.4 is 0 Å². The third kappa shape index (κ3) is 4.16. The van der Waals surface area contributed by atoms with Gasteiger partial charge in [0.2, 0.25) is 0 Å². The van der Waals surface area contributed by atoms with Gasteiger partial charge in [0.15, 0.2) is 0 Å². The second-order valence-electron chi connectivity index (χ2n) is 3.36. The number of hydrogen-bond acceptors (Lipinski definition) is 2. The molecule has 0 bridgehead atoms. The zero-order valence-corrected chi connectivity index (χ0v) is 8.78. The number of allylic oxidation sites excluding steroid dienone is 2. The van der Waals surface area contributed by atoms with E-state index in [2.05, 4.69) is 37.8 Å². The highest BCUT2D eigenvalue weighted by molar-refractivity contribution is 5.70. The van der Waals surface area contributed by atoms with Gasteiger partial charge >= 0.3 is 0 Å². The molecule has 0 saturated carbocycles. The Morgan fingerprint density at radius 3 is 1.92 bits per heavy atom. The van der Waals surface area contributed by atoms with E-state index < -0.39 is 0 Å². The molecule has 0 aliphatic heterocycles. The predicted molar refractivity (Wildman–Crippen MR) is 55.4 cm³/mol. The summed E-state index contributed by atoms with van der Waals surface area (Å²) in [7, 11) is 0. The van der Waals surface area contributed by atoms with Crippen LogP contribution >= 0.6 is 0 Å². The van der Waals surface area contributed by atoms with E-state index in [1.807, 2.05) is 25.3 Å². The first-order valence-electron chi connectivity index (χ1n) is 4.53. The maximum atomic E-state index is 4.33. The predicted octanol–water partition coefficient (Wildman–Crippen LogP) is 2.67. The summed E-state index contributed by atoms with van der Waals surface area (Å²) < 4.78 is 0. The SMILES string of the molecule is C/C=C/C=N/N(C(C)C)C(C)C. The molecule has 0 rings (SSSR count). The van der Waals surface area contributed by atoms with E-state index >= 15 is 0 Å². The molecular formula is C10H20N2. The molecule has 0 aromatic rings. The molecule has 0 N–H and O–H groups in total. The summed E-state index contributed by atoms with van der Waals surface area (Å²) in [5, 5.41) is 6.42. The van der Waals surface area contributed by atoms with E-state index in [1.165, 1.54) is 0 Å². The van der Waals surface area contributed by atoms with Gasteiger partial charge in [0.25, 0.3) is 0 Å². The van der Waals surface area contributed by atoms with Gasteiger partial charge in [-0.1, -0.05) is 6.08 Å². The Balaban J connectivity index is 4.13. The summed E-state index contributed by atoms with van der Waals surface area (Å²) >= 11 is 0. The molecule has 2 heteroatoms. The average molecular weight is 168 g/mol. The van der Waals surface area contributed by atoms with Crippen LogP contribution in [0.2, 0.25) is 0 Å². The molecule has 0 atom stereocenters. The van der Waals surface area contributed by atoms with Crippen LogP contribution in [0.4, 0.5) is 0 Å². The summed E-state index contributed by atoms with van der Waals surface area (Å²) in [5.74, 6) is 0. The van der Waals surface area contributed by atoms with E-state index in [1.54, 1.807) is 0 Å². The van der Waals surface area contributed by atoms with Crippen LogP contribution in [0.1, 0.15) is 34.6 Å². The van der Waals surface area contributed by atoms with Crippen molar-refractivity contribution in [2.24, 2.45) is 5.10 Å². The fraction of sp³-hybridized carbons (Fsp3) is 0.700. The Hall–Kier alpha value is -0.790. The molecule has 0 aromatic carbocycles. The molecular weight excluding hydrogens is 148 g/mol. The standard InChI is InChI=1S/C10H20N2/c1-6-7-8-11-12(9(2)3)10(4)5/h6-10H,1-5H3/b7-6+,11-8+. The molecule has 2 nitrogen and oxygen atoms in total. The fourth-order valence-electron chi connectivity index (χ4n) is 1.06. The summed E-state index contributed by atoms with van der Waals surface area (Å²) in [6.07, 6.45) is 5.75. The topological polar surface area (TPSA) is 15.6 Å². The molecule has 0 fully saturated rings. The van der Waals surface area contributed by atoms with Gasteiger partial charge in [0.05, 0.1) is 0 Å². The van der Waals surface area contributed by atoms with Crippen molar-refractivity contribution in [1.29, 1.82) is 0 Å². The van der Waals surface area contributed by atoms with Gasteiger partial charge in [0, 0.05) is 18.3 Å². The molecule has 0 saturated heterocycles. The van der Waals surface area contributed by atoms with Crippen LogP contribution in [0.25, 0.3) is 0 Å². The third-order valence-corrected chi connectivity index (χ3v) is 1.54. The van der Waals surface area contributed by atoms with Crippen molar-refractivity contribution in [1.82, 2.24) is 5.01 Å². The maximum absolute atomic E-state index is 4.33. The average Bonchev–Trinajstić information content (AvgIpc) is 1.96. The Morgan fingerprint density at radius 2 is 1.58 bits per heavy atom. The summed E-state index contributed by atoms with van der Waals surface area (Å²) in [6, 6.07) is 0.929. The van der Waals surface area contributed by atoms with E-state index in [0.717, 1.165) is 0 Å². The van der Waals surface area contributed by atoms with E-state index in [9.17, 15) is 0 Å². The Kier molecular flexibility index (Phi) is 5.43. The maximum Gasteiger partial charge on any atom is 0.0467 e. The van der Waals surface area contributed by atoms with Gasteiger partial charge in [-0.05, 0) is 40.7 Å². The van der Waals surface area contributed by atoms with E-state index in [-0.39, 0.29) is 0 Å². The minimum Gasteiger partial charge on any atom is -0.292 e. The van der Waals surface area contributed by atoms with Crippen molar-refractivity contribution in [3.63, 3.8) is 0 Å². The fourth-order valence-corrected chi connectivity index (χ4v) is 1.06. The number of hydrazone groups is 1. The summed E-state index contributed by atoms with van der Waals surface area (Å²) in [5.41, 5.74) is 0. The van der Waals surface area contributed by atoms with Crippen LogP contribution in [0, 0.1) is 0 Å². The smallest absolute Gasteiger partial charge is 0.0467 e. The zero-order chi connectivity index (χ0) is 9.56. The van der Waals surface area contributed by atoms with Crippen LogP contribution in [0.5, 0.6) is 0 Å². The summed E-state index contributed by atoms with van der Waals surface area (Å²) in [4.78, 5) is 0. The van der Waals surface area contributed by atoms with Crippen molar-refractivity contribution in [3.8, 4) is 0 Å². The highest BCUT2D eigenvalue weighted by atomic mass is 15.5. The van der Waals surface area contributed by atoms with Crippen LogP contribution in [0.15, 0.2) is 17.3 Å². The summed E-state index contributed by atoms with van der Waals surface area (Å²) in [6.45, 7) is 10.6. The highest BCUT2D eigenvalue weighted by Gasteiger charge is 2.08. The Labute approximate surface area is 76.0 Å². The van der Waals surface area contributed by atoms with Gasteiger partial charge < -0.3 is 0 Å². The number of nitrogens with zero attached hydrogens (tertiary/aromatic N) is 2. The van der Waals surface area contributed by atoms with Crippen molar-refractivity contribution in [2.75, 3.05) is 0 Å². The molecule has 0 heterocycles. The lowest BCUT2D eigenvalue weighted by molar-refractivity contribution is 0.185.